The first-order valence-corrected chi connectivity index (χ1v) is 5.31. The summed E-state index contributed by atoms with van der Waals surface area (Å²) in [5.74, 6) is -0.590. The van der Waals surface area contributed by atoms with Gasteiger partial charge < -0.3 is 4.42 Å². The summed E-state index contributed by atoms with van der Waals surface area (Å²) in [6, 6.07) is 1.82. The molecule has 108 valence electrons. The molecule has 1 aromatic heterocycles. The smallest absolute Gasteiger partial charge is 0.417 e. The van der Waals surface area contributed by atoms with Gasteiger partial charge in [-0.3, -0.25) is 0 Å². The largest absolute Gasteiger partial charge is 0.441 e. The Kier molecular flexibility index (Phi) is 3.27. The molecule has 8 heteroatoms. The quantitative estimate of drug-likeness (QED) is 0.713. The maximum absolute atomic E-state index is 12.9. The van der Waals surface area contributed by atoms with Crippen LogP contribution in [0, 0.1) is 6.92 Å². The topological polar surface area (TPSA) is 26.0 Å². The van der Waals surface area contributed by atoms with Crippen LogP contribution >= 0.6 is 0 Å². The normalized spacial score (nSPS) is 12.8. The molecule has 0 aliphatic carbocycles. The second kappa shape index (κ2) is 4.53. The first-order chi connectivity index (χ1) is 9.10. The molecule has 0 atom stereocenters. The third-order valence-corrected chi connectivity index (χ3v) is 2.51. The summed E-state index contributed by atoms with van der Waals surface area (Å²) in [4.78, 5) is 3.47. The lowest BCUT2D eigenvalue weighted by Crippen LogP contribution is -2.14. The molecule has 1 aromatic carbocycles. The fourth-order valence-corrected chi connectivity index (χ4v) is 1.73. The number of halogens is 6. The van der Waals surface area contributed by atoms with E-state index in [4.69, 9.17) is 4.42 Å². The number of benzene rings is 1. The van der Waals surface area contributed by atoms with Crippen molar-refractivity contribution in [1.29, 1.82) is 0 Å². The number of alkyl halides is 6. The van der Waals surface area contributed by atoms with Gasteiger partial charge in [-0.2, -0.15) is 26.3 Å². The Labute approximate surface area is 109 Å². The van der Waals surface area contributed by atoms with Crippen LogP contribution in [0.3, 0.4) is 0 Å². The standard InChI is InChI=1S/C12H7F6NO/c1-6-5-19-10(20-6)9-7(11(13,14)15)3-2-4-8(9)12(16,17)18/h2-5H,1H3. The van der Waals surface area contributed by atoms with Crippen molar-refractivity contribution in [2.24, 2.45) is 0 Å². The highest BCUT2D eigenvalue weighted by Gasteiger charge is 2.42. The van der Waals surface area contributed by atoms with Gasteiger partial charge in [-0.05, 0) is 19.1 Å². The van der Waals surface area contributed by atoms with E-state index in [9.17, 15) is 26.3 Å². The maximum Gasteiger partial charge on any atom is 0.417 e. The van der Waals surface area contributed by atoms with Gasteiger partial charge in [0.15, 0.2) is 0 Å². The summed E-state index contributed by atoms with van der Waals surface area (Å²) in [5.41, 5.74) is -3.97. The molecule has 0 bridgehead atoms. The van der Waals surface area contributed by atoms with Crippen LogP contribution in [0.5, 0.6) is 0 Å². The van der Waals surface area contributed by atoms with Crippen molar-refractivity contribution < 1.29 is 30.8 Å². The van der Waals surface area contributed by atoms with Gasteiger partial charge in [0.25, 0.3) is 0 Å². The van der Waals surface area contributed by atoms with Crippen LogP contribution in [0.4, 0.5) is 26.3 Å². The van der Waals surface area contributed by atoms with E-state index in [1.54, 1.807) is 0 Å². The molecule has 0 spiro atoms. The second-order valence-corrected chi connectivity index (χ2v) is 4.00. The van der Waals surface area contributed by atoms with E-state index in [1.165, 1.54) is 6.92 Å². The van der Waals surface area contributed by atoms with Crippen LogP contribution in [0.25, 0.3) is 11.5 Å². The second-order valence-electron chi connectivity index (χ2n) is 4.00. The highest BCUT2D eigenvalue weighted by molar-refractivity contribution is 5.65. The van der Waals surface area contributed by atoms with E-state index >= 15 is 0 Å². The summed E-state index contributed by atoms with van der Waals surface area (Å²) >= 11 is 0. The molecule has 2 rings (SSSR count). The van der Waals surface area contributed by atoms with E-state index in [0.29, 0.717) is 18.2 Å². The summed E-state index contributed by atoms with van der Waals surface area (Å²) in [6.07, 6.45) is -8.83. The van der Waals surface area contributed by atoms with Gasteiger partial charge >= 0.3 is 12.4 Å². The summed E-state index contributed by atoms with van der Waals surface area (Å²) in [6.45, 7) is 1.37. The molecule has 2 nitrogen and oxygen atoms in total. The number of oxazole rings is 1. The minimum absolute atomic E-state index is 0.116. The number of nitrogens with zero attached hydrogens (tertiary/aromatic N) is 1. The zero-order chi connectivity index (χ0) is 15.1. The average Bonchev–Trinajstić information content (AvgIpc) is 2.72. The predicted octanol–water partition coefficient (Wildman–Crippen LogP) is 4.69. The summed E-state index contributed by atoms with van der Waals surface area (Å²) in [5, 5.41) is 0. The monoisotopic (exact) mass is 295 g/mol. The van der Waals surface area contributed by atoms with E-state index in [1.807, 2.05) is 0 Å². The molecule has 0 amide bonds. The van der Waals surface area contributed by atoms with Crippen molar-refractivity contribution in [3.63, 3.8) is 0 Å². The Morgan fingerprint density at radius 3 is 1.80 bits per heavy atom. The van der Waals surface area contributed by atoms with Crippen LogP contribution in [0.15, 0.2) is 28.8 Å². The highest BCUT2D eigenvalue weighted by atomic mass is 19.4. The SMILES string of the molecule is Cc1cnc(-c2c(C(F)(F)F)cccc2C(F)(F)F)o1. The zero-order valence-corrected chi connectivity index (χ0v) is 9.93. The van der Waals surface area contributed by atoms with Gasteiger partial charge in [0.05, 0.1) is 22.9 Å². The lowest BCUT2D eigenvalue weighted by Gasteiger charge is -2.16. The lowest BCUT2D eigenvalue weighted by atomic mass is 10.00. The van der Waals surface area contributed by atoms with Crippen LogP contribution in [0.2, 0.25) is 0 Å². The fourth-order valence-electron chi connectivity index (χ4n) is 1.73. The Bertz CT molecular complexity index is 593. The third-order valence-electron chi connectivity index (χ3n) is 2.51. The van der Waals surface area contributed by atoms with Crippen LogP contribution in [0.1, 0.15) is 16.9 Å². The Balaban J connectivity index is 2.79. The molecule has 0 saturated carbocycles. The van der Waals surface area contributed by atoms with Crippen molar-refractivity contribution in [2.45, 2.75) is 19.3 Å². The molecule has 0 aliphatic heterocycles. The minimum atomic E-state index is -4.95. The number of aromatic nitrogens is 1. The predicted molar refractivity (Wildman–Crippen MR) is 56.7 cm³/mol. The van der Waals surface area contributed by atoms with Crippen LogP contribution < -0.4 is 0 Å². The molecule has 0 saturated heterocycles. The van der Waals surface area contributed by atoms with Crippen molar-refractivity contribution >= 4 is 0 Å². The maximum atomic E-state index is 12.9. The summed E-state index contributed by atoms with van der Waals surface area (Å²) in [7, 11) is 0. The van der Waals surface area contributed by atoms with Gasteiger partial charge in [-0.15, -0.1) is 0 Å². The molecular formula is C12H7F6NO. The number of rotatable bonds is 1. The molecule has 0 N–H and O–H groups in total. The Morgan fingerprint density at radius 2 is 1.45 bits per heavy atom. The first kappa shape index (κ1) is 14.4. The van der Waals surface area contributed by atoms with Crippen molar-refractivity contribution in [1.82, 2.24) is 4.98 Å². The molecule has 2 aromatic rings. The van der Waals surface area contributed by atoms with E-state index in [2.05, 4.69) is 4.98 Å². The molecular weight excluding hydrogens is 288 g/mol. The Hall–Kier alpha value is -1.99. The zero-order valence-electron chi connectivity index (χ0n) is 9.93. The van der Waals surface area contributed by atoms with Gasteiger partial charge in [0.1, 0.15) is 5.76 Å². The lowest BCUT2D eigenvalue weighted by molar-refractivity contribution is -0.142. The minimum Gasteiger partial charge on any atom is -0.441 e. The number of hydrogen-bond acceptors (Lipinski definition) is 2. The van der Waals surface area contributed by atoms with Gasteiger partial charge in [-0.25, -0.2) is 4.98 Å². The van der Waals surface area contributed by atoms with Crippen molar-refractivity contribution in [3.05, 3.63) is 41.3 Å². The number of hydrogen-bond donors (Lipinski definition) is 0. The van der Waals surface area contributed by atoms with Crippen LogP contribution in [-0.4, -0.2) is 4.98 Å². The highest BCUT2D eigenvalue weighted by Crippen LogP contribution is 2.43. The van der Waals surface area contributed by atoms with E-state index in [-0.39, 0.29) is 5.76 Å². The molecule has 0 fully saturated rings. The van der Waals surface area contributed by atoms with E-state index < -0.39 is 34.9 Å². The molecule has 0 radical (unpaired) electrons. The van der Waals surface area contributed by atoms with Crippen molar-refractivity contribution in [2.75, 3.05) is 0 Å². The molecule has 0 aliphatic rings. The molecule has 20 heavy (non-hydrogen) atoms. The van der Waals surface area contributed by atoms with Gasteiger partial charge in [0.2, 0.25) is 5.89 Å². The van der Waals surface area contributed by atoms with Gasteiger partial charge in [-0.1, -0.05) is 6.07 Å². The summed E-state index contributed by atoms with van der Waals surface area (Å²) < 4.78 is 82.1. The average molecular weight is 295 g/mol. The Morgan fingerprint density at radius 1 is 0.950 bits per heavy atom. The van der Waals surface area contributed by atoms with Gasteiger partial charge in [0, 0.05) is 0 Å². The third kappa shape index (κ3) is 2.63. The fraction of sp³-hybridized carbons (Fsp3) is 0.250. The molecule has 0 unspecified atom stereocenters. The van der Waals surface area contributed by atoms with Crippen molar-refractivity contribution in [3.8, 4) is 11.5 Å². The van der Waals surface area contributed by atoms with E-state index in [0.717, 1.165) is 6.20 Å². The van der Waals surface area contributed by atoms with Crippen LogP contribution in [-0.2, 0) is 12.4 Å². The first-order valence-electron chi connectivity index (χ1n) is 5.31. The number of aryl methyl sites for hydroxylation is 1. The molecule has 1 heterocycles.